The molecule has 17 heavy (non-hydrogen) atoms. The van der Waals surface area contributed by atoms with Crippen LogP contribution in [0.2, 0.25) is 0 Å². The molecule has 0 amide bonds. The van der Waals surface area contributed by atoms with Crippen molar-refractivity contribution in [1.82, 2.24) is 9.97 Å². The Morgan fingerprint density at radius 1 is 0.824 bits per heavy atom. The molecule has 1 saturated heterocycles. The van der Waals surface area contributed by atoms with Crippen molar-refractivity contribution in [3.05, 3.63) is 42.7 Å². The summed E-state index contributed by atoms with van der Waals surface area (Å²) in [5.41, 5.74) is 2.24. The first kappa shape index (κ1) is 10.3. The quantitative estimate of drug-likeness (QED) is 0.787. The van der Waals surface area contributed by atoms with Gasteiger partial charge in [-0.3, -0.25) is 0 Å². The van der Waals surface area contributed by atoms with Gasteiger partial charge in [0.2, 0.25) is 5.95 Å². The largest absolute Gasteiger partial charge is 0.341 e. The molecule has 0 atom stereocenters. The molecule has 0 spiro atoms. The Labute approximate surface area is 101 Å². The normalized spacial score (nSPS) is 15.2. The molecule has 2 heterocycles. The van der Waals surface area contributed by atoms with E-state index in [0.717, 1.165) is 24.6 Å². The molecule has 1 aliphatic rings. The van der Waals surface area contributed by atoms with Crippen LogP contribution in [0, 0.1) is 0 Å². The third-order valence-corrected chi connectivity index (χ3v) is 3.13. The average molecular weight is 225 g/mol. The fourth-order valence-electron chi connectivity index (χ4n) is 2.18. The van der Waals surface area contributed by atoms with E-state index in [1.54, 1.807) is 0 Å². The number of hydrogen-bond acceptors (Lipinski definition) is 3. The van der Waals surface area contributed by atoms with Crippen LogP contribution >= 0.6 is 0 Å². The molecule has 1 aliphatic heterocycles. The second kappa shape index (κ2) is 4.53. The van der Waals surface area contributed by atoms with Crippen LogP contribution < -0.4 is 4.90 Å². The topological polar surface area (TPSA) is 29.0 Å². The van der Waals surface area contributed by atoms with Gasteiger partial charge in [-0.2, -0.15) is 0 Å². The number of anilines is 1. The molecule has 86 valence electrons. The molecule has 0 radical (unpaired) electrons. The van der Waals surface area contributed by atoms with Crippen molar-refractivity contribution in [3.8, 4) is 11.1 Å². The third kappa shape index (κ3) is 2.13. The Morgan fingerprint density at radius 3 is 2.12 bits per heavy atom. The number of hydrogen-bond donors (Lipinski definition) is 0. The zero-order valence-corrected chi connectivity index (χ0v) is 9.71. The lowest BCUT2D eigenvalue weighted by Crippen LogP contribution is -2.20. The molecule has 1 aromatic carbocycles. The SMILES string of the molecule is c1ccc(-c2cnc(N3CCCC3)nc2)cc1. The maximum atomic E-state index is 4.45. The van der Waals surface area contributed by atoms with Crippen LogP contribution in [-0.2, 0) is 0 Å². The summed E-state index contributed by atoms with van der Waals surface area (Å²) in [4.78, 5) is 11.1. The molecule has 3 rings (SSSR count). The summed E-state index contributed by atoms with van der Waals surface area (Å²) in [5.74, 6) is 0.863. The summed E-state index contributed by atoms with van der Waals surface area (Å²) in [6.07, 6.45) is 6.33. The molecule has 3 heteroatoms. The number of benzene rings is 1. The molecule has 0 saturated carbocycles. The van der Waals surface area contributed by atoms with E-state index in [1.807, 2.05) is 30.6 Å². The highest BCUT2D eigenvalue weighted by molar-refractivity contribution is 5.61. The lowest BCUT2D eigenvalue weighted by Gasteiger charge is -2.14. The van der Waals surface area contributed by atoms with Crippen molar-refractivity contribution in [2.24, 2.45) is 0 Å². The maximum absolute atomic E-state index is 4.45. The Bertz CT molecular complexity index is 473. The molecule has 1 fully saturated rings. The predicted octanol–water partition coefficient (Wildman–Crippen LogP) is 2.74. The maximum Gasteiger partial charge on any atom is 0.225 e. The van der Waals surface area contributed by atoms with Gasteiger partial charge in [0.05, 0.1) is 0 Å². The van der Waals surface area contributed by atoms with Crippen molar-refractivity contribution >= 4 is 5.95 Å². The molecular weight excluding hydrogens is 210 g/mol. The van der Waals surface area contributed by atoms with Crippen LogP contribution in [0.1, 0.15) is 12.8 Å². The fraction of sp³-hybridized carbons (Fsp3) is 0.286. The van der Waals surface area contributed by atoms with Gasteiger partial charge in [-0.1, -0.05) is 30.3 Å². The first-order chi connectivity index (χ1) is 8.43. The minimum atomic E-state index is 0.863. The molecule has 1 aromatic heterocycles. The molecule has 2 aromatic rings. The highest BCUT2D eigenvalue weighted by Crippen LogP contribution is 2.20. The van der Waals surface area contributed by atoms with E-state index in [0.29, 0.717) is 0 Å². The van der Waals surface area contributed by atoms with Gasteiger partial charge >= 0.3 is 0 Å². The third-order valence-electron chi connectivity index (χ3n) is 3.13. The fourth-order valence-corrected chi connectivity index (χ4v) is 2.18. The Balaban J connectivity index is 1.85. The van der Waals surface area contributed by atoms with Crippen LogP contribution in [0.15, 0.2) is 42.7 Å². The van der Waals surface area contributed by atoms with Crippen LogP contribution in [0.4, 0.5) is 5.95 Å². The van der Waals surface area contributed by atoms with Gasteiger partial charge in [0.25, 0.3) is 0 Å². The van der Waals surface area contributed by atoms with Gasteiger partial charge in [-0.15, -0.1) is 0 Å². The molecule has 0 aliphatic carbocycles. The average Bonchev–Trinajstić information content (AvgIpc) is 2.94. The monoisotopic (exact) mass is 225 g/mol. The minimum absolute atomic E-state index is 0.863. The highest BCUT2D eigenvalue weighted by Gasteiger charge is 2.14. The van der Waals surface area contributed by atoms with Crippen LogP contribution in [-0.4, -0.2) is 23.1 Å². The van der Waals surface area contributed by atoms with Gasteiger partial charge < -0.3 is 4.90 Å². The van der Waals surface area contributed by atoms with E-state index in [2.05, 4.69) is 27.0 Å². The summed E-state index contributed by atoms with van der Waals surface area (Å²) < 4.78 is 0. The second-order valence-corrected chi connectivity index (χ2v) is 4.33. The lowest BCUT2D eigenvalue weighted by atomic mass is 10.1. The minimum Gasteiger partial charge on any atom is -0.341 e. The molecule has 0 bridgehead atoms. The highest BCUT2D eigenvalue weighted by atomic mass is 15.3. The van der Waals surface area contributed by atoms with E-state index >= 15 is 0 Å². The molecule has 3 nitrogen and oxygen atoms in total. The zero-order chi connectivity index (χ0) is 11.5. The van der Waals surface area contributed by atoms with Gasteiger partial charge in [0.15, 0.2) is 0 Å². The van der Waals surface area contributed by atoms with E-state index in [4.69, 9.17) is 0 Å². The number of rotatable bonds is 2. The van der Waals surface area contributed by atoms with E-state index < -0.39 is 0 Å². The van der Waals surface area contributed by atoms with Crippen LogP contribution in [0.25, 0.3) is 11.1 Å². The van der Waals surface area contributed by atoms with Crippen molar-refractivity contribution in [3.63, 3.8) is 0 Å². The van der Waals surface area contributed by atoms with E-state index in [9.17, 15) is 0 Å². The molecular formula is C14H15N3. The first-order valence-corrected chi connectivity index (χ1v) is 6.06. The van der Waals surface area contributed by atoms with Crippen molar-refractivity contribution in [2.45, 2.75) is 12.8 Å². The zero-order valence-electron chi connectivity index (χ0n) is 9.71. The number of aromatic nitrogens is 2. The predicted molar refractivity (Wildman–Crippen MR) is 68.9 cm³/mol. The smallest absolute Gasteiger partial charge is 0.225 e. The van der Waals surface area contributed by atoms with E-state index in [-0.39, 0.29) is 0 Å². The summed E-state index contributed by atoms with van der Waals surface area (Å²) in [7, 11) is 0. The molecule has 0 N–H and O–H groups in total. The van der Waals surface area contributed by atoms with Crippen molar-refractivity contribution in [1.29, 1.82) is 0 Å². The summed E-state index contributed by atoms with van der Waals surface area (Å²) >= 11 is 0. The number of nitrogens with zero attached hydrogens (tertiary/aromatic N) is 3. The Kier molecular flexibility index (Phi) is 2.74. The second-order valence-electron chi connectivity index (χ2n) is 4.33. The van der Waals surface area contributed by atoms with Gasteiger partial charge in [0.1, 0.15) is 0 Å². The Morgan fingerprint density at radius 2 is 1.47 bits per heavy atom. The molecule has 0 unspecified atom stereocenters. The van der Waals surface area contributed by atoms with Crippen LogP contribution in [0.5, 0.6) is 0 Å². The summed E-state index contributed by atoms with van der Waals surface area (Å²) in [6.45, 7) is 2.18. The van der Waals surface area contributed by atoms with Crippen LogP contribution in [0.3, 0.4) is 0 Å². The lowest BCUT2D eigenvalue weighted by molar-refractivity contribution is 0.899. The van der Waals surface area contributed by atoms with Crippen molar-refractivity contribution < 1.29 is 0 Å². The van der Waals surface area contributed by atoms with Gasteiger partial charge in [-0.25, -0.2) is 9.97 Å². The van der Waals surface area contributed by atoms with Crippen molar-refractivity contribution in [2.75, 3.05) is 18.0 Å². The Hall–Kier alpha value is -1.90. The van der Waals surface area contributed by atoms with Gasteiger partial charge in [-0.05, 0) is 18.4 Å². The first-order valence-electron chi connectivity index (χ1n) is 6.06. The van der Waals surface area contributed by atoms with E-state index in [1.165, 1.54) is 18.4 Å². The van der Waals surface area contributed by atoms with Gasteiger partial charge in [0, 0.05) is 31.0 Å². The summed E-state index contributed by atoms with van der Waals surface area (Å²) in [5, 5.41) is 0. The standard InChI is InChI=1S/C14H15N3/c1-2-6-12(7-3-1)13-10-15-14(16-11-13)17-8-4-5-9-17/h1-3,6-7,10-11H,4-5,8-9H2. The summed E-state index contributed by atoms with van der Waals surface area (Å²) in [6, 6.07) is 10.2.